The maximum atomic E-state index is 13.4. The van der Waals surface area contributed by atoms with Crippen LogP contribution in [0.15, 0.2) is 121 Å². The number of hydrogen-bond donors (Lipinski definition) is 10. The van der Waals surface area contributed by atoms with Gasteiger partial charge in [0.2, 0.25) is 0 Å². The number of nitrogens with two attached hydrogens (primary N) is 2. The highest BCUT2D eigenvalue weighted by Crippen LogP contribution is 2.44. The van der Waals surface area contributed by atoms with Gasteiger partial charge in [0.25, 0.3) is 6.20 Å². The first-order valence-electron chi connectivity index (χ1n) is 53.8. The van der Waals surface area contributed by atoms with Crippen LogP contribution in [0.2, 0.25) is 5.02 Å². The first kappa shape index (κ1) is 117. The zero-order valence-corrected chi connectivity index (χ0v) is 87.9. The summed E-state index contributed by atoms with van der Waals surface area (Å²) in [7, 11) is 10.7. The molecular weight excluding hydrogens is 1770 g/mol. The second-order valence-electron chi connectivity index (χ2n) is 41.8. The van der Waals surface area contributed by atoms with E-state index >= 15 is 0 Å². The van der Waals surface area contributed by atoms with E-state index in [-0.39, 0.29) is 82.6 Å². The summed E-state index contributed by atoms with van der Waals surface area (Å²) < 4.78 is 39.4. The number of halogens is 1. The molecule has 4 saturated heterocycles. The fourth-order valence-electron chi connectivity index (χ4n) is 22.7. The number of nitro groups is 1. The van der Waals surface area contributed by atoms with Gasteiger partial charge in [-0.25, -0.2) is 14.4 Å². The average Bonchev–Trinajstić information content (AvgIpc) is 0.783. The van der Waals surface area contributed by atoms with E-state index in [9.17, 15) is 34.7 Å². The van der Waals surface area contributed by atoms with Crippen LogP contribution in [0.5, 0.6) is 0 Å². The molecule has 3 saturated carbocycles. The Kier molecular flexibility index (Phi) is 56.0. The number of methoxy groups -OCH3 is 4. The highest BCUT2D eigenvalue weighted by atomic mass is 35.5. The van der Waals surface area contributed by atoms with Crippen molar-refractivity contribution in [2.75, 3.05) is 174 Å². The third kappa shape index (κ3) is 42.1. The fourth-order valence-corrected chi connectivity index (χ4v) is 22.9. The number of urea groups is 3. The minimum atomic E-state index is -1.06. The lowest BCUT2D eigenvalue weighted by atomic mass is 9.74. The van der Waals surface area contributed by atoms with E-state index in [4.69, 9.17) is 56.2 Å². The van der Waals surface area contributed by atoms with E-state index in [0.717, 1.165) is 215 Å². The van der Waals surface area contributed by atoms with Gasteiger partial charge in [0.1, 0.15) is 0 Å². The molecule has 27 nitrogen and oxygen atoms in total. The summed E-state index contributed by atoms with van der Waals surface area (Å²) in [4.78, 5) is 59.0. The molecule has 0 aromatic heterocycles. The van der Waals surface area contributed by atoms with Crippen molar-refractivity contribution in [1.29, 1.82) is 0 Å². The SMILES string of the molecule is CCCOCCCO[C@@H](c1ccccc1)[C@@H]1CCCN(C(=O)N[C@H](CNC)CC2CCCCC2)C1.CNC[C@H](CC1CCCCC1)NC(=O)N1CCC[C@@H]([C@@](O)(CCCCOC)c2cccc(C)c2)C1.COCCCC[C@@](O)(c1cccc(Cl)c1)[C@@H]1CCCN(C(=O)N[C@H](CN)CC(C)(C)COC)C1.COCCCO[C@@H](c1ccccc1)[C@@H]1CCCN(C(=C[N+](=O)[O-])N[C@H](CN)CC2CCCCC2)C1. The van der Waals surface area contributed by atoms with Crippen LogP contribution in [0.4, 0.5) is 14.4 Å². The summed E-state index contributed by atoms with van der Waals surface area (Å²) in [6.45, 7) is 21.9. The van der Waals surface area contributed by atoms with Crippen molar-refractivity contribution in [2.45, 2.75) is 306 Å². The predicted molar refractivity (Wildman–Crippen MR) is 560 cm³/mol. The quantitative estimate of drug-likeness (QED) is 0.0112. The molecule has 4 aromatic rings. The Labute approximate surface area is 841 Å². The van der Waals surface area contributed by atoms with Crippen molar-refractivity contribution >= 4 is 29.7 Å². The van der Waals surface area contributed by atoms with E-state index in [2.05, 4.69) is 119 Å². The Bertz CT molecular complexity index is 4000. The maximum absolute atomic E-state index is 13.4. The van der Waals surface area contributed by atoms with E-state index < -0.39 is 11.2 Å². The number of benzene rings is 4. The van der Waals surface area contributed by atoms with Crippen molar-refractivity contribution in [1.82, 2.24) is 51.5 Å². The number of unbranched alkanes of at least 4 members (excludes halogenated alkanes) is 2. The highest BCUT2D eigenvalue weighted by molar-refractivity contribution is 6.30. The van der Waals surface area contributed by atoms with Gasteiger partial charge in [0, 0.05) is 206 Å². The molecule has 12 N–H and O–H groups in total. The van der Waals surface area contributed by atoms with Gasteiger partial charge in [-0.2, -0.15) is 0 Å². The third-order valence-electron chi connectivity index (χ3n) is 29.8. The van der Waals surface area contributed by atoms with Gasteiger partial charge in [0.15, 0.2) is 5.82 Å². The second-order valence-corrected chi connectivity index (χ2v) is 42.2. The smallest absolute Gasteiger partial charge is 0.317 e. The number of aliphatic hydroxyl groups is 2. The number of likely N-dealkylation sites (tertiary alicyclic amines) is 4. The summed E-state index contributed by atoms with van der Waals surface area (Å²) in [6, 6.07) is 36.8. The monoisotopic (exact) mass is 1960 g/mol. The van der Waals surface area contributed by atoms with Crippen molar-refractivity contribution in [2.24, 2.45) is 58.3 Å². The highest BCUT2D eigenvalue weighted by Gasteiger charge is 2.45. The molecule has 7 fully saturated rings. The molecule has 28 heteroatoms. The van der Waals surface area contributed by atoms with Gasteiger partial charge in [-0.05, 0) is 213 Å². The summed E-state index contributed by atoms with van der Waals surface area (Å²) >= 11 is 6.27. The van der Waals surface area contributed by atoms with Crippen molar-refractivity contribution in [3.05, 3.63) is 164 Å². The fraction of sp³-hybridized carbons (Fsp3) is 0.739. The molecule has 4 aliphatic heterocycles. The van der Waals surface area contributed by atoms with Crippen molar-refractivity contribution in [3.63, 3.8) is 0 Å². The first-order chi connectivity index (χ1) is 67.4. The molecule has 4 aromatic carbocycles. The lowest BCUT2D eigenvalue weighted by Crippen LogP contribution is -2.54. The molecule has 3 aliphatic carbocycles. The number of aryl methyl sites for hydroxylation is 1. The van der Waals surface area contributed by atoms with Crippen molar-refractivity contribution < 1.29 is 62.7 Å². The van der Waals surface area contributed by atoms with Crippen LogP contribution >= 0.6 is 11.6 Å². The number of carbonyl (C=O) groups excluding carboxylic acids is 3. The topological polar surface area (TPSA) is 337 Å². The molecule has 0 spiro atoms. The Morgan fingerprint density at radius 3 is 1.33 bits per heavy atom. The largest absolute Gasteiger partial charge is 0.385 e. The number of rotatable bonds is 53. The van der Waals surface area contributed by atoms with E-state index in [0.29, 0.717) is 114 Å². The number of hydrogen-bond acceptors (Lipinski definition) is 20. The molecule has 0 bridgehead atoms. The zero-order chi connectivity index (χ0) is 99.9. The molecule has 11 rings (SSSR count). The predicted octanol–water partition coefficient (Wildman–Crippen LogP) is 19.1. The third-order valence-corrected chi connectivity index (χ3v) is 30.1. The molecule has 0 radical (unpaired) electrons. The zero-order valence-electron chi connectivity index (χ0n) is 87.1. The lowest BCUT2D eigenvalue weighted by molar-refractivity contribution is -0.404. The number of nitrogens with zero attached hydrogens (tertiary/aromatic N) is 5. The molecule has 786 valence electrons. The summed E-state index contributed by atoms with van der Waals surface area (Å²) in [5.74, 6) is 3.16. The summed E-state index contributed by atoms with van der Waals surface area (Å²) in [6.07, 6.45) is 39.6. The Balaban J connectivity index is 0.000000227. The normalized spacial score (nSPS) is 21.0. The molecule has 0 unspecified atom stereocenters. The molecule has 12 atom stereocenters. The molecule has 139 heavy (non-hydrogen) atoms. The lowest BCUT2D eigenvalue weighted by Gasteiger charge is -2.43. The second kappa shape index (κ2) is 66.3. The van der Waals surface area contributed by atoms with Crippen LogP contribution in [0, 0.1) is 63.9 Å². The average molecular weight is 1960 g/mol. The maximum Gasteiger partial charge on any atom is 0.317 e. The molecular formula is C111H186ClN13O14. The molecule has 7 aliphatic rings. The number of ether oxygens (including phenoxy) is 7. The van der Waals surface area contributed by atoms with Gasteiger partial charge in [0.05, 0.1) is 34.9 Å². The Morgan fingerprint density at radius 1 is 0.482 bits per heavy atom. The molecule has 4 heterocycles. The first-order valence-corrected chi connectivity index (χ1v) is 54.2. The summed E-state index contributed by atoms with van der Waals surface area (Å²) in [5.41, 5.74) is 15.3. The van der Waals surface area contributed by atoms with Crippen LogP contribution < -0.4 is 43.4 Å². The minimum absolute atomic E-state index is 0.00770. The number of nitrogens with one attached hydrogen (secondary N) is 6. The minimum Gasteiger partial charge on any atom is -0.385 e. The van der Waals surface area contributed by atoms with Gasteiger partial charge < -0.3 is 106 Å². The van der Waals surface area contributed by atoms with Crippen LogP contribution in [-0.2, 0) is 44.4 Å². The van der Waals surface area contributed by atoms with Crippen LogP contribution in [-0.4, -0.2) is 251 Å². The molecule has 6 amide bonds. The van der Waals surface area contributed by atoms with Gasteiger partial charge >= 0.3 is 18.1 Å². The van der Waals surface area contributed by atoms with Gasteiger partial charge in [-0.1, -0.05) is 231 Å². The van der Waals surface area contributed by atoms with Gasteiger partial charge in [-0.15, -0.1) is 0 Å². The Hall–Kier alpha value is -6.80. The summed E-state index contributed by atoms with van der Waals surface area (Å²) in [5, 5.41) is 56.1. The number of piperidine rings is 4. The number of carbonyl (C=O) groups is 3. The van der Waals surface area contributed by atoms with Gasteiger partial charge in [-0.3, -0.25) is 10.1 Å². The standard InChI is InChI=1S/2C29H49N3O3.C27H44N4O4.C26H44ClN3O4/c1-23-11-9-14-25(19-23)29(34,16-7-8-18-35-3)26-15-10-17-32(22-26)28(33)31-27(21-30-2)20-24-12-5-4-6-13-24;1-3-18-34-19-11-20-35-28(25-14-8-5-9-15-25)26-16-10-17-32(23-26)29(33)31-27(22-30-2)21-24-12-6-4-7-13-24;1-34-16-9-17-35-27(23-12-6-3-7-13-23)24-14-8-15-30(20-24)26(21-31(32)33)29-25(19-28)18-22-10-4-2-5-11-22;1-25(2,19-34-4)16-23(17-28)29-24(31)30-13-8-10-21(18-30)26(32,12-5-6-14-33-3)20-9-7-11-22(27)15-20/h9,11,14,19,24,26-27,30,34H,4-8,10,12-13,15-18,20-22H2,1-3H3,(H,31,33);5,8-9,14-15,24,26-28,30H,3-4,6-7,10-13,16-23H2,1-2H3,(H,31,33);3,6-7,12-13,21-22,24-25,27,29H,2,4-5,8-11,14-20,28H2,1H3;7,9,11,15,21,23,32H,5-6,8,10,12-14,16-19,28H2,1-4H3,(H,29,31)/t26-,27+,29-;26-,27+,28+;24-,25+,27+;21-,23+,26-/m1111/s1. The van der Waals surface area contributed by atoms with Crippen molar-refractivity contribution in [3.8, 4) is 0 Å². The van der Waals surface area contributed by atoms with E-state index in [1.807, 2.05) is 83.4 Å². The van der Waals surface area contributed by atoms with Crippen LogP contribution in [0.3, 0.4) is 0 Å². The van der Waals surface area contributed by atoms with Crippen LogP contribution in [0.1, 0.15) is 292 Å². The van der Waals surface area contributed by atoms with E-state index in [1.54, 1.807) is 28.4 Å². The van der Waals surface area contributed by atoms with Crippen LogP contribution in [0.25, 0.3) is 0 Å². The van der Waals surface area contributed by atoms with E-state index in [1.165, 1.54) is 102 Å². The number of likely N-dealkylation sites (N-methyl/N-ethyl adjacent to an activating group) is 2. The Morgan fingerprint density at radius 2 is 0.899 bits per heavy atom. The number of amides is 6.